The molecule has 1 amide bonds. The van der Waals surface area contributed by atoms with Crippen LogP contribution in [-0.2, 0) is 16.4 Å². The van der Waals surface area contributed by atoms with Crippen LogP contribution in [0.4, 0.5) is 4.79 Å². The summed E-state index contributed by atoms with van der Waals surface area (Å²) < 4.78 is 33.2. The van der Waals surface area contributed by atoms with Gasteiger partial charge in [-0.05, 0) is 49.4 Å². The molecule has 1 aliphatic rings. The number of carbonyl (C=O) groups excluding carboxylic acids is 1. The summed E-state index contributed by atoms with van der Waals surface area (Å²) in [6.45, 7) is 3.53. The van der Waals surface area contributed by atoms with Gasteiger partial charge in [-0.3, -0.25) is 0 Å². The molecule has 27 heavy (non-hydrogen) atoms. The first kappa shape index (κ1) is 19.9. The molecule has 0 aliphatic carbocycles. The summed E-state index contributed by atoms with van der Waals surface area (Å²) in [7, 11) is -3.46. The Labute approximate surface area is 164 Å². The average molecular weight is 409 g/mol. The van der Waals surface area contributed by atoms with Crippen LogP contribution in [0.5, 0.6) is 5.75 Å². The van der Waals surface area contributed by atoms with Crippen molar-refractivity contribution in [2.45, 2.75) is 30.4 Å². The second-order valence-electron chi connectivity index (χ2n) is 6.54. The van der Waals surface area contributed by atoms with Crippen molar-refractivity contribution < 1.29 is 17.9 Å². The zero-order chi connectivity index (χ0) is 19.3. The number of sulfonamides is 1. The van der Waals surface area contributed by atoms with E-state index < -0.39 is 10.0 Å². The molecule has 0 unspecified atom stereocenters. The molecule has 2 aromatic rings. The second kappa shape index (κ2) is 8.86. The molecule has 1 aromatic carbocycles. The summed E-state index contributed by atoms with van der Waals surface area (Å²) in [5, 5.41) is 0. The molecular formula is C19H24N2O4S2. The van der Waals surface area contributed by atoms with Crippen molar-refractivity contribution in [1.29, 1.82) is 0 Å². The van der Waals surface area contributed by atoms with Crippen LogP contribution in [0.15, 0.2) is 46.7 Å². The maximum Gasteiger partial charge on any atom is 0.415 e. The lowest BCUT2D eigenvalue weighted by Crippen LogP contribution is -2.42. The molecule has 0 bridgehead atoms. The number of piperidine rings is 1. The van der Waals surface area contributed by atoms with Gasteiger partial charge in [-0.1, -0.05) is 25.1 Å². The van der Waals surface area contributed by atoms with Gasteiger partial charge in [0.2, 0.25) is 10.0 Å². The highest BCUT2D eigenvalue weighted by atomic mass is 32.2. The van der Waals surface area contributed by atoms with Crippen molar-refractivity contribution in [2.75, 3.05) is 19.6 Å². The Hall–Kier alpha value is -1.90. The zero-order valence-corrected chi connectivity index (χ0v) is 16.9. The predicted octanol–water partition coefficient (Wildman–Crippen LogP) is 3.50. The third-order valence-electron chi connectivity index (χ3n) is 4.63. The van der Waals surface area contributed by atoms with Crippen molar-refractivity contribution in [3.8, 4) is 5.75 Å². The molecular weight excluding hydrogens is 384 g/mol. The third-order valence-corrected chi connectivity index (χ3v) is 7.78. The lowest BCUT2D eigenvalue weighted by atomic mass is 9.97. The van der Waals surface area contributed by atoms with Crippen LogP contribution in [0.2, 0.25) is 0 Å². The highest BCUT2D eigenvalue weighted by molar-refractivity contribution is 7.91. The van der Waals surface area contributed by atoms with Crippen LogP contribution < -0.4 is 9.46 Å². The average Bonchev–Trinajstić information content (AvgIpc) is 3.18. The number of para-hydroxylation sites is 1. The number of nitrogens with zero attached hydrogens (tertiary/aromatic N) is 1. The Morgan fingerprint density at radius 1 is 1.19 bits per heavy atom. The molecule has 1 saturated heterocycles. The van der Waals surface area contributed by atoms with Gasteiger partial charge in [-0.25, -0.2) is 17.9 Å². The van der Waals surface area contributed by atoms with Gasteiger partial charge in [0.15, 0.2) is 0 Å². The monoisotopic (exact) mass is 408 g/mol. The molecule has 8 heteroatoms. The van der Waals surface area contributed by atoms with Gasteiger partial charge >= 0.3 is 6.09 Å². The normalized spacial score (nSPS) is 15.7. The number of amides is 1. The second-order valence-corrected chi connectivity index (χ2v) is 9.70. The number of aryl methyl sites for hydroxylation is 1. The first-order valence-electron chi connectivity index (χ1n) is 9.08. The lowest BCUT2D eigenvalue weighted by Gasteiger charge is -2.31. The van der Waals surface area contributed by atoms with Gasteiger partial charge in [0.05, 0.1) is 0 Å². The van der Waals surface area contributed by atoms with E-state index in [4.69, 9.17) is 4.74 Å². The number of benzene rings is 1. The molecule has 1 N–H and O–H groups in total. The Morgan fingerprint density at radius 2 is 1.89 bits per heavy atom. The van der Waals surface area contributed by atoms with Crippen LogP contribution in [0, 0.1) is 5.92 Å². The van der Waals surface area contributed by atoms with E-state index in [0.29, 0.717) is 29.6 Å². The number of hydrogen-bond donors (Lipinski definition) is 1. The molecule has 2 heterocycles. The molecule has 0 saturated carbocycles. The largest absolute Gasteiger partial charge is 0.415 e. The number of thiophene rings is 1. The number of likely N-dealkylation sites (tertiary alicyclic amines) is 1. The fourth-order valence-electron chi connectivity index (χ4n) is 2.96. The van der Waals surface area contributed by atoms with Gasteiger partial charge in [-0.15, -0.1) is 11.3 Å². The predicted molar refractivity (Wildman–Crippen MR) is 106 cm³/mol. The van der Waals surface area contributed by atoms with Crippen LogP contribution in [-0.4, -0.2) is 39.0 Å². The SMILES string of the molecule is CCc1ccc(S(=O)(=O)NCC2CCN(C(=O)Oc3ccccc3)CC2)s1. The molecule has 1 aliphatic heterocycles. The minimum absolute atomic E-state index is 0.214. The van der Waals surface area contributed by atoms with Crippen molar-refractivity contribution in [2.24, 2.45) is 5.92 Å². The van der Waals surface area contributed by atoms with E-state index in [1.165, 1.54) is 11.3 Å². The van der Waals surface area contributed by atoms with Crippen LogP contribution in [0.25, 0.3) is 0 Å². The van der Waals surface area contributed by atoms with E-state index in [-0.39, 0.29) is 12.0 Å². The summed E-state index contributed by atoms with van der Waals surface area (Å²) in [6, 6.07) is 12.5. The highest BCUT2D eigenvalue weighted by Gasteiger charge is 2.26. The maximum atomic E-state index is 12.4. The number of nitrogens with one attached hydrogen (secondary N) is 1. The molecule has 1 aromatic heterocycles. The summed E-state index contributed by atoms with van der Waals surface area (Å²) >= 11 is 1.31. The van der Waals surface area contributed by atoms with E-state index >= 15 is 0 Å². The van der Waals surface area contributed by atoms with E-state index in [1.54, 1.807) is 23.1 Å². The standard InChI is InChI=1S/C19H24N2O4S2/c1-2-17-8-9-18(26-17)27(23,24)20-14-15-10-12-21(13-11-15)19(22)25-16-6-4-3-5-7-16/h3-9,15,20H,2,10-14H2,1H3. The summed E-state index contributed by atoms with van der Waals surface area (Å²) in [5.41, 5.74) is 0. The first-order valence-corrected chi connectivity index (χ1v) is 11.4. The Morgan fingerprint density at radius 3 is 2.52 bits per heavy atom. The zero-order valence-electron chi connectivity index (χ0n) is 15.3. The molecule has 0 atom stereocenters. The fraction of sp³-hybridized carbons (Fsp3) is 0.421. The number of carbonyl (C=O) groups is 1. The molecule has 0 radical (unpaired) electrons. The summed E-state index contributed by atoms with van der Waals surface area (Å²) in [4.78, 5) is 14.9. The summed E-state index contributed by atoms with van der Waals surface area (Å²) in [6.07, 6.45) is 1.97. The third kappa shape index (κ3) is 5.31. The van der Waals surface area contributed by atoms with E-state index in [1.807, 2.05) is 31.2 Å². The molecule has 6 nitrogen and oxygen atoms in total. The first-order chi connectivity index (χ1) is 13.0. The highest BCUT2D eigenvalue weighted by Crippen LogP contribution is 2.23. The van der Waals surface area contributed by atoms with Gasteiger partial charge in [0.1, 0.15) is 9.96 Å². The minimum atomic E-state index is -3.46. The topological polar surface area (TPSA) is 75.7 Å². The van der Waals surface area contributed by atoms with Gasteiger partial charge < -0.3 is 9.64 Å². The summed E-state index contributed by atoms with van der Waals surface area (Å²) in [5.74, 6) is 0.742. The number of hydrogen-bond acceptors (Lipinski definition) is 5. The Balaban J connectivity index is 1.46. The van der Waals surface area contributed by atoms with Gasteiger partial charge in [-0.2, -0.15) is 0 Å². The van der Waals surface area contributed by atoms with E-state index in [9.17, 15) is 13.2 Å². The fourth-order valence-corrected chi connectivity index (χ4v) is 5.42. The number of ether oxygens (including phenoxy) is 1. The van der Waals surface area contributed by atoms with E-state index in [2.05, 4.69) is 4.72 Å². The minimum Gasteiger partial charge on any atom is -0.410 e. The van der Waals surface area contributed by atoms with Crippen molar-refractivity contribution in [1.82, 2.24) is 9.62 Å². The van der Waals surface area contributed by atoms with Crippen LogP contribution in [0.3, 0.4) is 0 Å². The Bertz CT molecular complexity index is 857. The van der Waals surface area contributed by atoms with Crippen molar-refractivity contribution >= 4 is 27.5 Å². The van der Waals surface area contributed by atoms with Crippen molar-refractivity contribution in [3.05, 3.63) is 47.3 Å². The maximum absolute atomic E-state index is 12.4. The Kier molecular flexibility index (Phi) is 6.51. The number of rotatable bonds is 6. The molecule has 3 rings (SSSR count). The van der Waals surface area contributed by atoms with Gasteiger partial charge in [0.25, 0.3) is 0 Å². The molecule has 0 spiro atoms. The quantitative estimate of drug-likeness (QED) is 0.794. The molecule has 1 fully saturated rings. The van der Waals surface area contributed by atoms with Crippen LogP contribution >= 0.6 is 11.3 Å². The molecule has 146 valence electrons. The lowest BCUT2D eigenvalue weighted by molar-refractivity contribution is 0.131. The van der Waals surface area contributed by atoms with Gasteiger partial charge in [0, 0.05) is 24.5 Å². The van der Waals surface area contributed by atoms with Crippen LogP contribution in [0.1, 0.15) is 24.6 Å². The smallest absolute Gasteiger partial charge is 0.410 e. The van der Waals surface area contributed by atoms with Crippen molar-refractivity contribution in [3.63, 3.8) is 0 Å². The van der Waals surface area contributed by atoms with E-state index in [0.717, 1.165) is 24.1 Å².